The highest BCUT2D eigenvalue weighted by Gasteiger charge is 2.29. The van der Waals surface area contributed by atoms with Crippen molar-refractivity contribution in [3.8, 4) is 5.75 Å². The predicted molar refractivity (Wildman–Crippen MR) is 75.4 cm³/mol. The first-order chi connectivity index (χ1) is 9.63. The molecule has 106 valence electrons. The Hall–Kier alpha value is -1.40. The average Bonchev–Trinajstić information content (AvgIpc) is 3.17. The van der Waals surface area contributed by atoms with Gasteiger partial charge in [0.2, 0.25) is 11.7 Å². The number of benzene rings is 1. The molecule has 3 rings (SSSR count). The lowest BCUT2D eigenvalue weighted by molar-refractivity contribution is 0.189. The summed E-state index contributed by atoms with van der Waals surface area (Å²) in [5.74, 6) is 2.31. The number of ether oxygens (including phenoxy) is 1. The van der Waals surface area contributed by atoms with Crippen LogP contribution >= 0.6 is 15.9 Å². The smallest absolute Gasteiger partial charge is 0.229 e. The van der Waals surface area contributed by atoms with E-state index in [1.807, 2.05) is 18.2 Å². The van der Waals surface area contributed by atoms with E-state index in [0.717, 1.165) is 22.9 Å². The van der Waals surface area contributed by atoms with Gasteiger partial charge in [0.25, 0.3) is 0 Å². The summed E-state index contributed by atoms with van der Waals surface area (Å²) in [6, 6.07) is 5.52. The van der Waals surface area contributed by atoms with Crippen LogP contribution in [-0.4, -0.2) is 15.2 Å². The summed E-state index contributed by atoms with van der Waals surface area (Å²) in [7, 11) is 0. The van der Waals surface area contributed by atoms with Gasteiger partial charge in [-0.25, -0.2) is 0 Å². The van der Waals surface area contributed by atoms with Gasteiger partial charge in [-0.2, -0.15) is 4.98 Å². The Bertz CT molecular complexity index is 608. The van der Waals surface area contributed by atoms with Gasteiger partial charge < -0.3 is 14.4 Å². The van der Waals surface area contributed by atoms with Crippen LogP contribution in [-0.2, 0) is 6.61 Å². The molecular formula is C14H15BrN2O3. The predicted octanol–water partition coefficient (Wildman–Crippen LogP) is 3.34. The standard InChI is InChI=1S/C14H15BrN2O3/c1-8(18)11-6-10(15)4-5-12(11)19-7-13-16-14(20-17-13)9-2-3-9/h4-6,8-9,18H,2-3,7H2,1H3/t8-/m0/s1. The van der Waals surface area contributed by atoms with Gasteiger partial charge in [0.15, 0.2) is 6.61 Å². The van der Waals surface area contributed by atoms with Gasteiger partial charge in [-0.3, -0.25) is 0 Å². The number of rotatable bonds is 5. The molecular weight excluding hydrogens is 324 g/mol. The van der Waals surface area contributed by atoms with Crippen LogP contribution in [0.1, 0.15) is 49.1 Å². The van der Waals surface area contributed by atoms with Crippen LogP contribution in [0.5, 0.6) is 5.75 Å². The van der Waals surface area contributed by atoms with E-state index < -0.39 is 6.10 Å². The summed E-state index contributed by atoms with van der Waals surface area (Å²) in [6.07, 6.45) is 1.65. The van der Waals surface area contributed by atoms with Gasteiger partial charge in [0, 0.05) is 16.0 Å². The molecule has 0 radical (unpaired) electrons. The zero-order valence-corrected chi connectivity index (χ0v) is 12.6. The highest BCUT2D eigenvalue weighted by molar-refractivity contribution is 9.10. The molecule has 1 fully saturated rings. The molecule has 5 nitrogen and oxygen atoms in total. The fraction of sp³-hybridized carbons (Fsp3) is 0.429. The highest BCUT2D eigenvalue weighted by Crippen LogP contribution is 2.38. The third-order valence-electron chi connectivity index (χ3n) is 3.19. The van der Waals surface area contributed by atoms with Crippen molar-refractivity contribution < 1.29 is 14.4 Å². The van der Waals surface area contributed by atoms with Crippen molar-refractivity contribution in [2.45, 2.75) is 38.4 Å². The van der Waals surface area contributed by atoms with Crippen LogP contribution in [0.4, 0.5) is 0 Å². The minimum atomic E-state index is -0.602. The molecule has 1 aromatic carbocycles. The molecule has 1 saturated carbocycles. The normalized spacial score (nSPS) is 16.1. The number of aliphatic hydroxyl groups is 1. The summed E-state index contributed by atoms with van der Waals surface area (Å²) >= 11 is 3.38. The van der Waals surface area contributed by atoms with Crippen molar-refractivity contribution in [3.05, 3.63) is 40.0 Å². The molecule has 0 spiro atoms. The van der Waals surface area contributed by atoms with E-state index in [1.165, 1.54) is 0 Å². The Morgan fingerprint density at radius 1 is 1.50 bits per heavy atom. The number of hydrogen-bond donors (Lipinski definition) is 1. The summed E-state index contributed by atoms with van der Waals surface area (Å²) in [6.45, 7) is 1.94. The minimum absolute atomic E-state index is 0.234. The minimum Gasteiger partial charge on any atom is -0.485 e. The van der Waals surface area contributed by atoms with Crippen molar-refractivity contribution in [1.82, 2.24) is 10.1 Å². The number of aliphatic hydroxyl groups excluding tert-OH is 1. The summed E-state index contributed by atoms with van der Waals surface area (Å²) < 4.78 is 11.8. The Labute approximate surface area is 125 Å². The summed E-state index contributed by atoms with van der Waals surface area (Å²) in [4.78, 5) is 4.30. The van der Waals surface area contributed by atoms with Gasteiger partial charge in [0.05, 0.1) is 6.10 Å². The summed E-state index contributed by atoms with van der Waals surface area (Å²) in [5.41, 5.74) is 0.727. The van der Waals surface area contributed by atoms with Crippen LogP contribution in [0, 0.1) is 0 Å². The van der Waals surface area contributed by atoms with E-state index in [9.17, 15) is 5.11 Å². The number of hydrogen-bond acceptors (Lipinski definition) is 5. The molecule has 2 aromatic rings. The second-order valence-corrected chi connectivity index (χ2v) is 5.89. The zero-order valence-electron chi connectivity index (χ0n) is 11.0. The molecule has 1 aliphatic carbocycles. The van der Waals surface area contributed by atoms with E-state index in [1.54, 1.807) is 6.92 Å². The van der Waals surface area contributed by atoms with Gasteiger partial charge in [-0.05, 0) is 38.0 Å². The first-order valence-electron chi connectivity index (χ1n) is 6.56. The molecule has 0 saturated heterocycles. The van der Waals surface area contributed by atoms with Crippen LogP contribution in [0.25, 0.3) is 0 Å². The van der Waals surface area contributed by atoms with Crippen molar-refractivity contribution in [1.29, 1.82) is 0 Å². The van der Waals surface area contributed by atoms with E-state index in [0.29, 0.717) is 23.4 Å². The fourth-order valence-corrected chi connectivity index (χ4v) is 2.32. The lowest BCUT2D eigenvalue weighted by Crippen LogP contribution is -2.02. The molecule has 1 atom stereocenters. The van der Waals surface area contributed by atoms with E-state index in [4.69, 9.17) is 9.26 Å². The van der Waals surface area contributed by atoms with E-state index >= 15 is 0 Å². The van der Waals surface area contributed by atoms with E-state index in [2.05, 4.69) is 26.1 Å². The SMILES string of the molecule is C[C@H](O)c1cc(Br)ccc1OCc1noc(C2CC2)n1. The Balaban J connectivity index is 1.70. The lowest BCUT2D eigenvalue weighted by atomic mass is 10.1. The lowest BCUT2D eigenvalue weighted by Gasteiger charge is -2.12. The molecule has 0 amide bonds. The Morgan fingerprint density at radius 3 is 3.00 bits per heavy atom. The largest absolute Gasteiger partial charge is 0.485 e. The molecule has 0 unspecified atom stereocenters. The number of halogens is 1. The van der Waals surface area contributed by atoms with Gasteiger partial charge >= 0.3 is 0 Å². The van der Waals surface area contributed by atoms with Crippen LogP contribution < -0.4 is 4.74 Å². The monoisotopic (exact) mass is 338 g/mol. The maximum absolute atomic E-state index is 9.76. The van der Waals surface area contributed by atoms with Gasteiger partial charge in [-0.1, -0.05) is 21.1 Å². The van der Waals surface area contributed by atoms with Crippen molar-refractivity contribution in [2.75, 3.05) is 0 Å². The van der Waals surface area contributed by atoms with Crippen molar-refractivity contribution in [3.63, 3.8) is 0 Å². The summed E-state index contributed by atoms with van der Waals surface area (Å²) in [5, 5.41) is 13.7. The third kappa shape index (κ3) is 3.02. The van der Waals surface area contributed by atoms with E-state index in [-0.39, 0.29) is 6.61 Å². The maximum Gasteiger partial charge on any atom is 0.229 e. The van der Waals surface area contributed by atoms with Crippen molar-refractivity contribution in [2.24, 2.45) is 0 Å². The highest BCUT2D eigenvalue weighted by atomic mass is 79.9. The second kappa shape index (κ2) is 5.54. The molecule has 1 heterocycles. The van der Waals surface area contributed by atoms with Crippen molar-refractivity contribution >= 4 is 15.9 Å². The fourth-order valence-electron chi connectivity index (χ4n) is 1.94. The number of nitrogens with zero attached hydrogens (tertiary/aromatic N) is 2. The molecule has 1 aliphatic rings. The topological polar surface area (TPSA) is 68.4 Å². The molecule has 20 heavy (non-hydrogen) atoms. The van der Waals surface area contributed by atoms with Crippen LogP contribution in [0.2, 0.25) is 0 Å². The zero-order chi connectivity index (χ0) is 14.1. The number of aromatic nitrogens is 2. The quantitative estimate of drug-likeness (QED) is 0.905. The molecule has 0 aliphatic heterocycles. The van der Waals surface area contributed by atoms with Gasteiger partial charge in [-0.15, -0.1) is 0 Å². The van der Waals surface area contributed by atoms with Gasteiger partial charge in [0.1, 0.15) is 5.75 Å². The Morgan fingerprint density at radius 2 is 2.30 bits per heavy atom. The third-order valence-corrected chi connectivity index (χ3v) is 3.68. The second-order valence-electron chi connectivity index (χ2n) is 4.97. The average molecular weight is 339 g/mol. The molecule has 0 bridgehead atoms. The molecule has 6 heteroatoms. The first-order valence-corrected chi connectivity index (χ1v) is 7.35. The Kier molecular flexibility index (Phi) is 3.76. The first kappa shape index (κ1) is 13.6. The molecule has 1 aromatic heterocycles. The van der Waals surface area contributed by atoms with Crippen LogP contribution in [0.15, 0.2) is 27.2 Å². The maximum atomic E-state index is 9.76. The van der Waals surface area contributed by atoms with Crippen LogP contribution in [0.3, 0.4) is 0 Å². The molecule has 1 N–H and O–H groups in total.